The van der Waals surface area contributed by atoms with Crippen LogP contribution in [-0.2, 0) is 11.0 Å². The first-order valence-corrected chi connectivity index (χ1v) is 13.4. The van der Waals surface area contributed by atoms with E-state index in [0.29, 0.717) is 55.7 Å². The molecule has 36 heavy (non-hydrogen) atoms. The number of halogens is 3. The van der Waals surface area contributed by atoms with Crippen LogP contribution < -0.4 is 4.90 Å². The minimum absolute atomic E-state index is 0.155. The number of fused-ring (bicyclic) bond motifs is 1. The fraction of sp³-hybridized carbons (Fsp3) is 0.552. The molecule has 4 fully saturated rings. The molecule has 2 saturated heterocycles. The van der Waals surface area contributed by atoms with Gasteiger partial charge in [-0.25, -0.2) is 0 Å². The van der Waals surface area contributed by atoms with Crippen molar-refractivity contribution in [1.29, 1.82) is 0 Å². The molecule has 2 aliphatic carbocycles. The highest BCUT2D eigenvalue weighted by molar-refractivity contribution is 5.83. The van der Waals surface area contributed by atoms with E-state index in [4.69, 9.17) is 0 Å². The largest absolute Gasteiger partial charge is 0.416 e. The summed E-state index contributed by atoms with van der Waals surface area (Å²) in [4.78, 5) is 19.8. The number of piperazine rings is 1. The molecule has 2 aromatic carbocycles. The van der Waals surface area contributed by atoms with Gasteiger partial charge in [0.15, 0.2) is 0 Å². The van der Waals surface area contributed by atoms with Gasteiger partial charge in [-0.3, -0.25) is 9.69 Å². The molecule has 1 unspecified atom stereocenters. The molecule has 0 spiro atoms. The Kier molecular flexibility index (Phi) is 6.22. The van der Waals surface area contributed by atoms with Crippen LogP contribution in [0, 0.1) is 17.8 Å². The molecule has 2 aliphatic heterocycles. The predicted octanol–water partition coefficient (Wildman–Crippen LogP) is 5.26. The fourth-order valence-electron chi connectivity index (χ4n) is 7.00. The lowest BCUT2D eigenvalue weighted by atomic mass is 9.81. The second-order valence-corrected chi connectivity index (χ2v) is 11.1. The Hall–Kier alpha value is -2.54. The van der Waals surface area contributed by atoms with Crippen LogP contribution in [0.5, 0.6) is 0 Å². The monoisotopic (exact) mass is 497 g/mol. The number of hydrogen-bond acceptors (Lipinski definition) is 3. The van der Waals surface area contributed by atoms with Gasteiger partial charge in [-0.15, -0.1) is 0 Å². The number of anilines is 1. The van der Waals surface area contributed by atoms with Crippen molar-refractivity contribution >= 4 is 11.6 Å². The van der Waals surface area contributed by atoms with Gasteiger partial charge in [0.25, 0.3) is 0 Å². The normalized spacial score (nSPS) is 30.8. The van der Waals surface area contributed by atoms with Gasteiger partial charge in [-0.05, 0) is 67.2 Å². The number of carbonyl (C=O) groups excluding carboxylic acids is 1. The molecule has 0 radical (unpaired) electrons. The maximum Gasteiger partial charge on any atom is 0.416 e. The molecular formula is C29H34F3N3O. The molecule has 3 atom stereocenters. The molecule has 4 nitrogen and oxygen atoms in total. The lowest BCUT2D eigenvalue weighted by molar-refractivity contribution is -0.137. The van der Waals surface area contributed by atoms with Gasteiger partial charge in [0.05, 0.1) is 5.56 Å². The lowest BCUT2D eigenvalue weighted by Gasteiger charge is -2.38. The predicted molar refractivity (Wildman–Crippen MR) is 134 cm³/mol. The molecule has 7 heteroatoms. The number of carbonyl (C=O) groups is 1. The number of hydrogen-bond donors (Lipinski definition) is 0. The number of rotatable bonds is 4. The van der Waals surface area contributed by atoms with Gasteiger partial charge >= 0.3 is 6.18 Å². The van der Waals surface area contributed by atoms with Crippen LogP contribution in [0.15, 0.2) is 54.6 Å². The van der Waals surface area contributed by atoms with Crippen LogP contribution >= 0.6 is 0 Å². The van der Waals surface area contributed by atoms with E-state index in [2.05, 4.69) is 35.2 Å². The molecule has 0 bridgehead atoms. The average Bonchev–Trinajstić information content (AvgIpc) is 3.41. The van der Waals surface area contributed by atoms with Crippen molar-refractivity contribution in [3.05, 3.63) is 65.7 Å². The molecule has 0 aromatic heterocycles. The standard InChI is InChI=1S/C29H34F3N3O/c30-29(31,32)22-7-4-8-24(17-22)33-13-15-34(16-14-33)28(36)27-25-18-35(19-26(25)27)23-11-9-21(10-12-23)20-5-2-1-3-6-20/h1-8,17,21,23,25-27H,9-16,18-19H2/t21?,23?,25-,26+,27?. The first-order chi connectivity index (χ1) is 17.4. The molecule has 6 rings (SSSR count). The molecule has 2 heterocycles. The van der Waals surface area contributed by atoms with Crippen LogP contribution in [0.1, 0.15) is 42.7 Å². The van der Waals surface area contributed by atoms with Crippen molar-refractivity contribution in [2.75, 3.05) is 44.2 Å². The zero-order valence-electron chi connectivity index (χ0n) is 20.5. The summed E-state index contributed by atoms with van der Waals surface area (Å²) in [5.74, 6) is 2.09. The van der Waals surface area contributed by atoms with Crippen molar-refractivity contribution in [2.45, 2.75) is 43.8 Å². The van der Waals surface area contributed by atoms with Gasteiger partial charge < -0.3 is 9.80 Å². The first-order valence-electron chi connectivity index (χ1n) is 13.4. The lowest BCUT2D eigenvalue weighted by Crippen LogP contribution is -2.50. The van der Waals surface area contributed by atoms with E-state index in [1.807, 2.05) is 9.80 Å². The highest BCUT2D eigenvalue weighted by Crippen LogP contribution is 2.54. The van der Waals surface area contributed by atoms with Crippen LogP contribution in [0.3, 0.4) is 0 Å². The summed E-state index contributed by atoms with van der Waals surface area (Å²) in [5, 5.41) is 0. The van der Waals surface area contributed by atoms with Crippen LogP contribution in [0.25, 0.3) is 0 Å². The number of amides is 1. The molecule has 0 N–H and O–H groups in total. The third-order valence-corrected chi connectivity index (χ3v) is 9.12. The summed E-state index contributed by atoms with van der Waals surface area (Å²) < 4.78 is 39.2. The Morgan fingerprint density at radius 1 is 0.806 bits per heavy atom. The zero-order chi connectivity index (χ0) is 24.9. The molecular weight excluding hydrogens is 463 g/mol. The molecule has 4 aliphatic rings. The Labute approximate surface area is 211 Å². The summed E-state index contributed by atoms with van der Waals surface area (Å²) in [6.07, 6.45) is 0.648. The quantitative estimate of drug-likeness (QED) is 0.577. The number of piperidine rings is 1. The number of alkyl halides is 3. The summed E-state index contributed by atoms with van der Waals surface area (Å²) in [5.41, 5.74) is 1.43. The van der Waals surface area contributed by atoms with Crippen molar-refractivity contribution in [3.8, 4) is 0 Å². The van der Waals surface area contributed by atoms with Gasteiger partial charge in [0, 0.05) is 56.9 Å². The van der Waals surface area contributed by atoms with Gasteiger partial charge in [0.2, 0.25) is 5.91 Å². The number of likely N-dealkylation sites (tertiary alicyclic amines) is 1. The average molecular weight is 498 g/mol. The second-order valence-electron chi connectivity index (χ2n) is 11.1. The van der Waals surface area contributed by atoms with E-state index in [9.17, 15) is 18.0 Å². The molecule has 2 saturated carbocycles. The van der Waals surface area contributed by atoms with E-state index in [-0.39, 0.29) is 11.8 Å². The van der Waals surface area contributed by atoms with Crippen molar-refractivity contribution < 1.29 is 18.0 Å². The SMILES string of the molecule is O=C(C1[C@H]2CN(C3CCC(c4ccccc4)CC3)C[C@@H]12)N1CCN(c2cccc(C(F)(F)F)c2)CC1. The van der Waals surface area contributed by atoms with Gasteiger partial charge in [-0.1, -0.05) is 36.4 Å². The summed E-state index contributed by atoms with van der Waals surface area (Å²) >= 11 is 0. The Morgan fingerprint density at radius 3 is 2.11 bits per heavy atom. The smallest absolute Gasteiger partial charge is 0.368 e. The Morgan fingerprint density at radius 2 is 1.47 bits per heavy atom. The molecule has 1 amide bonds. The van der Waals surface area contributed by atoms with Crippen molar-refractivity contribution in [1.82, 2.24) is 9.80 Å². The Balaban J connectivity index is 0.968. The van der Waals surface area contributed by atoms with Crippen molar-refractivity contribution in [3.63, 3.8) is 0 Å². The minimum atomic E-state index is -4.34. The third kappa shape index (κ3) is 4.62. The Bertz CT molecular complexity index is 1060. The zero-order valence-corrected chi connectivity index (χ0v) is 20.5. The highest BCUT2D eigenvalue weighted by Gasteiger charge is 2.60. The molecule has 2 aromatic rings. The fourth-order valence-corrected chi connectivity index (χ4v) is 7.00. The number of benzene rings is 2. The topological polar surface area (TPSA) is 26.8 Å². The van der Waals surface area contributed by atoms with Gasteiger partial charge in [0.1, 0.15) is 0 Å². The van der Waals surface area contributed by atoms with E-state index in [1.54, 1.807) is 6.07 Å². The summed E-state index contributed by atoms with van der Waals surface area (Å²) in [6, 6.07) is 17.0. The second kappa shape index (κ2) is 9.40. The summed E-state index contributed by atoms with van der Waals surface area (Å²) in [6.45, 7) is 4.41. The van der Waals surface area contributed by atoms with E-state index < -0.39 is 11.7 Å². The maximum atomic E-state index is 13.2. The van der Waals surface area contributed by atoms with Crippen LogP contribution in [0.2, 0.25) is 0 Å². The number of nitrogens with zero attached hydrogens (tertiary/aromatic N) is 3. The van der Waals surface area contributed by atoms with E-state index in [1.165, 1.54) is 43.4 Å². The highest BCUT2D eigenvalue weighted by atomic mass is 19.4. The third-order valence-electron chi connectivity index (χ3n) is 9.12. The first kappa shape index (κ1) is 23.8. The van der Waals surface area contributed by atoms with Crippen molar-refractivity contribution in [2.24, 2.45) is 17.8 Å². The maximum absolute atomic E-state index is 13.2. The van der Waals surface area contributed by atoms with E-state index in [0.717, 1.165) is 19.2 Å². The van der Waals surface area contributed by atoms with Crippen LogP contribution in [0.4, 0.5) is 18.9 Å². The van der Waals surface area contributed by atoms with Crippen LogP contribution in [-0.4, -0.2) is 61.0 Å². The van der Waals surface area contributed by atoms with Gasteiger partial charge in [-0.2, -0.15) is 13.2 Å². The van der Waals surface area contributed by atoms with E-state index >= 15 is 0 Å². The minimum Gasteiger partial charge on any atom is -0.368 e. The summed E-state index contributed by atoms with van der Waals surface area (Å²) in [7, 11) is 0. The molecule has 192 valence electrons.